The van der Waals surface area contributed by atoms with Crippen molar-refractivity contribution < 1.29 is 4.79 Å². The number of nitrogens with zero attached hydrogens (tertiary/aromatic N) is 2. The van der Waals surface area contributed by atoms with E-state index in [9.17, 15) is 4.79 Å². The minimum absolute atomic E-state index is 0.117. The average Bonchev–Trinajstić information content (AvgIpc) is 2.67. The van der Waals surface area contributed by atoms with Gasteiger partial charge in [-0.3, -0.25) is 4.79 Å². The van der Waals surface area contributed by atoms with Gasteiger partial charge in [0.15, 0.2) is 6.29 Å². The summed E-state index contributed by atoms with van der Waals surface area (Å²) in [6, 6.07) is 7.23. The van der Waals surface area contributed by atoms with Gasteiger partial charge in [0, 0.05) is 0 Å². The van der Waals surface area contributed by atoms with Gasteiger partial charge in [0.25, 0.3) is 0 Å². The van der Waals surface area contributed by atoms with Gasteiger partial charge in [0.1, 0.15) is 5.15 Å². The Kier molecular flexibility index (Phi) is 3.73. The summed E-state index contributed by atoms with van der Waals surface area (Å²) in [5.41, 5.74) is 1.76. The van der Waals surface area contributed by atoms with Crippen molar-refractivity contribution in [1.29, 1.82) is 0 Å². The third-order valence-corrected chi connectivity index (χ3v) is 3.32. The van der Waals surface area contributed by atoms with E-state index in [4.69, 9.17) is 23.2 Å². The first-order chi connectivity index (χ1) is 8.56. The number of benzene rings is 1. The van der Waals surface area contributed by atoms with Gasteiger partial charge in [-0.15, -0.1) is 0 Å². The molecule has 2 rings (SSSR count). The summed E-state index contributed by atoms with van der Waals surface area (Å²) in [6.07, 6.45) is 0.734. The van der Waals surface area contributed by atoms with Crippen molar-refractivity contribution in [3.8, 4) is 5.69 Å². The highest BCUT2D eigenvalue weighted by Gasteiger charge is 2.19. The van der Waals surface area contributed by atoms with Crippen LogP contribution in [0.15, 0.2) is 24.3 Å². The molecule has 0 saturated carbocycles. The van der Waals surface area contributed by atoms with Crippen molar-refractivity contribution in [2.75, 3.05) is 0 Å². The molecule has 0 fully saturated rings. The number of halogens is 2. The molecule has 0 saturated heterocycles. The van der Waals surface area contributed by atoms with Gasteiger partial charge in [0.05, 0.1) is 22.0 Å². The fourth-order valence-corrected chi connectivity index (χ4v) is 2.23. The average molecular weight is 283 g/mol. The van der Waals surface area contributed by atoms with Crippen LogP contribution in [0.3, 0.4) is 0 Å². The molecule has 94 valence electrons. The van der Waals surface area contributed by atoms with Crippen molar-refractivity contribution in [2.45, 2.75) is 19.8 Å². The van der Waals surface area contributed by atoms with Crippen LogP contribution in [0.1, 0.15) is 35.8 Å². The Hall–Kier alpha value is -1.32. The van der Waals surface area contributed by atoms with Gasteiger partial charge in [-0.2, -0.15) is 5.10 Å². The van der Waals surface area contributed by atoms with E-state index in [-0.39, 0.29) is 5.92 Å². The topological polar surface area (TPSA) is 34.9 Å². The maximum absolute atomic E-state index is 11.1. The quantitative estimate of drug-likeness (QED) is 0.794. The van der Waals surface area contributed by atoms with Gasteiger partial charge in [-0.1, -0.05) is 49.2 Å². The molecule has 18 heavy (non-hydrogen) atoms. The second-order valence-corrected chi connectivity index (χ2v) is 4.99. The molecule has 0 aliphatic heterocycles. The zero-order chi connectivity index (χ0) is 13.3. The summed E-state index contributed by atoms with van der Waals surface area (Å²) in [7, 11) is 0. The number of aromatic nitrogens is 2. The molecule has 0 aliphatic rings. The van der Waals surface area contributed by atoms with E-state index in [0.29, 0.717) is 27.1 Å². The summed E-state index contributed by atoms with van der Waals surface area (Å²) in [5, 5.41) is 5.21. The zero-order valence-electron chi connectivity index (χ0n) is 10.0. The van der Waals surface area contributed by atoms with Crippen molar-refractivity contribution in [3.63, 3.8) is 0 Å². The van der Waals surface area contributed by atoms with Gasteiger partial charge < -0.3 is 0 Å². The molecule has 0 N–H and O–H groups in total. The van der Waals surface area contributed by atoms with Crippen molar-refractivity contribution >= 4 is 29.5 Å². The summed E-state index contributed by atoms with van der Waals surface area (Å²) >= 11 is 12.3. The minimum atomic E-state index is 0.117. The molecule has 1 aromatic heterocycles. The molecular formula is C13H12Cl2N2O. The fourth-order valence-electron chi connectivity index (χ4n) is 1.74. The highest BCUT2D eigenvalue weighted by Crippen LogP contribution is 2.29. The first-order valence-corrected chi connectivity index (χ1v) is 6.30. The highest BCUT2D eigenvalue weighted by atomic mass is 35.5. The van der Waals surface area contributed by atoms with Gasteiger partial charge >= 0.3 is 0 Å². The molecule has 5 heteroatoms. The zero-order valence-corrected chi connectivity index (χ0v) is 11.5. The van der Waals surface area contributed by atoms with E-state index < -0.39 is 0 Å². The van der Waals surface area contributed by atoms with Crippen LogP contribution in [0.4, 0.5) is 0 Å². The lowest BCUT2D eigenvalue weighted by Crippen LogP contribution is -1.99. The maximum atomic E-state index is 11.1. The summed E-state index contributed by atoms with van der Waals surface area (Å²) in [5.74, 6) is 0.117. The van der Waals surface area contributed by atoms with E-state index in [1.165, 1.54) is 4.68 Å². The number of rotatable bonds is 3. The Morgan fingerprint density at radius 3 is 2.44 bits per heavy atom. The van der Waals surface area contributed by atoms with Crippen LogP contribution in [0.2, 0.25) is 10.2 Å². The maximum Gasteiger partial charge on any atom is 0.155 e. The van der Waals surface area contributed by atoms with E-state index in [1.807, 2.05) is 26.0 Å². The van der Waals surface area contributed by atoms with E-state index in [0.717, 1.165) is 6.29 Å². The molecule has 1 heterocycles. The molecule has 3 nitrogen and oxygen atoms in total. The normalized spacial score (nSPS) is 10.9. The minimum Gasteiger partial charge on any atom is -0.298 e. The number of hydrogen-bond acceptors (Lipinski definition) is 2. The monoisotopic (exact) mass is 282 g/mol. The number of para-hydroxylation sites is 1. The van der Waals surface area contributed by atoms with Crippen LogP contribution >= 0.6 is 23.2 Å². The largest absolute Gasteiger partial charge is 0.298 e. The third-order valence-electron chi connectivity index (χ3n) is 2.64. The van der Waals surface area contributed by atoms with Crippen LogP contribution < -0.4 is 0 Å². The van der Waals surface area contributed by atoms with Gasteiger partial charge in [-0.25, -0.2) is 4.68 Å². The predicted octanol–water partition coefficient (Wildman–Crippen LogP) is 4.12. The van der Waals surface area contributed by atoms with Crippen LogP contribution in [0, 0.1) is 0 Å². The second-order valence-electron chi connectivity index (χ2n) is 4.23. The number of hydrogen-bond donors (Lipinski definition) is 0. The Labute approximate surface area is 115 Å². The molecule has 0 atom stereocenters. The van der Waals surface area contributed by atoms with Crippen molar-refractivity contribution in [2.24, 2.45) is 0 Å². The fraction of sp³-hybridized carbons (Fsp3) is 0.231. The Morgan fingerprint density at radius 2 is 1.94 bits per heavy atom. The smallest absolute Gasteiger partial charge is 0.155 e. The molecule has 0 aliphatic carbocycles. The molecule has 0 bridgehead atoms. The van der Waals surface area contributed by atoms with Crippen LogP contribution in [-0.2, 0) is 0 Å². The van der Waals surface area contributed by atoms with Gasteiger partial charge in [0.2, 0.25) is 0 Å². The lowest BCUT2D eigenvalue weighted by molar-refractivity contribution is 0.112. The second kappa shape index (κ2) is 5.12. The highest BCUT2D eigenvalue weighted by molar-refractivity contribution is 6.34. The Balaban J connectivity index is 2.67. The van der Waals surface area contributed by atoms with Crippen molar-refractivity contribution in [3.05, 3.63) is 45.7 Å². The van der Waals surface area contributed by atoms with E-state index in [2.05, 4.69) is 5.10 Å². The summed E-state index contributed by atoms with van der Waals surface area (Å²) in [6.45, 7) is 3.92. The lowest BCUT2D eigenvalue weighted by atomic mass is 10.1. The molecular weight excluding hydrogens is 271 g/mol. The molecule has 0 spiro atoms. The first kappa shape index (κ1) is 13.1. The van der Waals surface area contributed by atoms with Gasteiger partial charge in [-0.05, 0) is 18.1 Å². The number of carbonyl (C=O) groups excluding carboxylic acids is 1. The SMILES string of the molecule is CC(C)c1nn(-c2ccccc2Cl)c(Cl)c1C=O. The Bertz CT molecular complexity index is 591. The Morgan fingerprint density at radius 1 is 1.28 bits per heavy atom. The molecule has 1 aromatic carbocycles. The third kappa shape index (κ3) is 2.16. The first-order valence-electron chi connectivity index (χ1n) is 5.54. The van der Waals surface area contributed by atoms with Crippen LogP contribution in [0.5, 0.6) is 0 Å². The molecule has 0 radical (unpaired) electrons. The predicted molar refractivity (Wildman–Crippen MR) is 73.1 cm³/mol. The molecule has 0 amide bonds. The van der Waals surface area contributed by atoms with Crippen LogP contribution in [-0.4, -0.2) is 16.1 Å². The lowest BCUT2D eigenvalue weighted by Gasteiger charge is -2.05. The molecule has 2 aromatic rings. The van der Waals surface area contributed by atoms with Crippen molar-refractivity contribution in [1.82, 2.24) is 9.78 Å². The standard InChI is InChI=1S/C13H12Cl2N2O/c1-8(2)12-9(7-18)13(15)17(16-12)11-6-4-3-5-10(11)14/h3-8H,1-2H3. The number of aldehydes is 1. The molecule has 0 unspecified atom stereocenters. The number of carbonyl (C=O) groups is 1. The van der Waals surface area contributed by atoms with Crippen LogP contribution in [0.25, 0.3) is 5.69 Å². The summed E-state index contributed by atoms with van der Waals surface area (Å²) < 4.78 is 1.50. The summed E-state index contributed by atoms with van der Waals surface area (Å²) in [4.78, 5) is 11.1. The van der Waals surface area contributed by atoms with E-state index >= 15 is 0 Å². The van der Waals surface area contributed by atoms with E-state index in [1.54, 1.807) is 12.1 Å².